The van der Waals surface area contributed by atoms with Gasteiger partial charge in [0.15, 0.2) is 5.65 Å². The molecule has 1 saturated carbocycles. The SMILES string of the molecule is COCCC(=O)NCC1CCC(c2nn(C)c3ncccc23)CC1. The third kappa shape index (κ3) is 3.75. The minimum absolute atomic E-state index is 0.0840. The molecule has 1 amide bonds. The van der Waals surface area contributed by atoms with Crippen LogP contribution in [0.15, 0.2) is 18.3 Å². The number of aryl methyl sites for hydroxylation is 1. The molecule has 2 heterocycles. The molecule has 2 aromatic heterocycles. The van der Waals surface area contributed by atoms with Crippen molar-refractivity contribution < 1.29 is 9.53 Å². The molecule has 0 radical (unpaired) electrons. The monoisotopic (exact) mass is 330 g/mol. The number of fused-ring (bicyclic) bond motifs is 1. The second kappa shape index (κ2) is 7.75. The molecule has 3 rings (SSSR count). The Hall–Kier alpha value is -1.95. The molecule has 1 N–H and O–H groups in total. The zero-order valence-electron chi connectivity index (χ0n) is 14.5. The fourth-order valence-electron chi connectivity index (χ4n) is 3.60. The summed E-state index contributed by atoms with van der Waals surface area (Å²) in [6, 6.07) is 4.10. The van der Waals surface area contributed by atoms with E-state index < -0.39 is 0 Å². The summed E-state index contributed by atoms with van der Waals surface area (Å²) in [6.07, 6.45) is 6.77. The van der Waals surface area contributed by atoms with E-state index in [2.05, 4.69) is 16.4 Å². The van der Waals surface area contributed by atoms with Crippen molar-refractivity contribution in [1.82, 2.24) is 20.1 Å². The number of carbonyl (C=O) groups excluding carboxylic acids is 1. The number of aromatic nitrogens is 3. The number of pyridine rings is 1. The zero-order chi connectivity index (χ0) is 16.9. The molecule has 1 aliphatic rings. The van der Waals surface area contributed by atoms with Gasteiger partial charge in [-0.05, 0) is 43.7 Å². The van der Waals surface area contributed by atoms with Gasteiger partial charge < -0.3 is 10.1 Å². The molecule has 0 saturated heterocycles. The van der Waals surface area contributed by atoms with Crippen LogP contribution in [0.4, 0.5) is 0 Å². The second-order valence-corrected chi connectivity index (χ2v) is 6.65. The lowest BCUT2D eigenvalue weighted by atomic mass is 9.80. The smallest absolute Gasteiger partial charge is 0.222 e. The summed E-state index contributed by atoms with van der Waals surface area (Å²) in [4.78, 5) is 16.1. The summed E-state index contributed by atoms with van der Waals surface area (Å²) < 4.78 is 6.81. The first-order valence-electron chi connectivity index (χ1n) is 8.72. The third-order valence-electron chi connectivity index (χ3n) is 4.98. The Balaban J connectivity index is 1.54. The summed E-state index contributed by atoms with van der Waals surface area (Å²) in [5.74, 6) is 1.15. The summed E-state index contributed by atoms with van der Waals surface area (Å²) in [7, 11) is 3.57. The van der Waals surface area contributed by atoms with Gasteiger partial charge in [0.05, 0.1) is 12.3 Å². The van der Waals surface area contributed by atoms with Crippen LogP contribution >= 0.6 is 0 Å². The molecule has 0 spiro atoms. The average molecular weight is 330 g/mol. The van der Waals surface area contributed by atoms with Gasteiger partial charge in [0.25, 0.3) is 0 Å². The fraction of sp³-hybridized carbons (Fsp3) is 0.611. The molecule has 2 aromatic rings. The minimum Gasteiger partial charge on any atom is -0.384 e. The number of hydrogen-bond acceptors (Lipinski definition) is 4. The van der Waals surface area contributed by atoms with E-state index in [1.54, 1.807) is 7.11 Å². The second-order valence-electron chi connectivity index (χ2n) is 6.65. The van der Waals surface area contributed by atoms with E-state index in [0.717, 1.165) is 37.9 Å². The van der Waals surface area contributed by atoms with Crippen LogP contribution in [0.1, 0.15) is 43.7 Å². The number of ether oxygens (including phenoxy) is 1. The average Bonchev–Trinajstić information content (AvgIpc) is 2.96. The maximum atomic E-state index is 11.7. The number of nitrogens with zero attached hydrogens (tertiary/aromatic N) is 3. The normalized spacial score (nSPS) is 21.1. The van der Waals surface area contributed by atoms with Crippen LogP contribution in [0.2, 0.25) is 0 Å². The van der Waals surface area contributed by atoms with Gasteiger partial charge in [-0.15, -0.1) is 0 Å². The first-order chi connectivity index (χ1) is 11.7. The number of hydrogen-bond donors (Lipinski definition) is 1. The van der Waals surface area contributed by atoms with Crippen molar-refractivity contribution in [3.63, 3.8) is 0 Å². The van der Waals surface area contributed by atoms with Gasteiger partial charge in [0.1, 0.15) is 0 Å². The number of carbonyl (C=O) groups is 1. The summed E-state index contributed by atoms with van der Waals surface area (Å²) in [6.45, 7) is 1.26. The molecule has 0 atom stereocenters. The largest absolute Gasteiger partial charge is 0.384 e. The van der Waals surface area contributed by atoms with Crippen molar-refractivity contribution in [3.8, 4) is 0 Å². The Morgan fingerprint density at radius 3 is 2.92 bits per heavy atom. The highest BCUT2D eigenvalue weighted by Crippen LogP contribution is 2.37. The maximum Gasteiger partial charge on any atom is 0.222 e. The zero-order valence-corrected chi connectivity index (χ0v) is 14.5. The highest BCUT2D eigenvalue weighted by atomic mass is 16.5. The highest BCUT2D eigenvalue weighted by molar-refractivity contribution is 5.78. The van der Waals surface area contributed by atoms with Crippen LogP contribution in [-0.2, 0) is 16.6 Å². The van der Waals surface area contributed by atoms with Gasteiger partial charge in [-0.25, -0.2) is 4.98 Å². The Morgan fingerprint density at radius 1 is 1.38 bits per heavy atom. The van der Waals surface area contributed by atoms with Crippen molar-refractivity contribution in [2.75, 3.05) is 20.3 Å². The molecule has 0 aliphatic heterocycles. The Bertz CT molecular complexity index is 689. The lowest BCUT2D eigenvalue weighted by Crippen LogP contribution is -2.31. The molecule has 0 aromatic carbocycles. The van der Waals surface area contributed by atoms with Crippen LogP contribution in [0.3, 0.4) is 0 Å². The molecule has 1 fully saturated rings. The van der Waals surface area contributed by atoms with Crippen LogP contribution < -0.4 is 5.32 Å². The fourth-order valence-corrected chi connectivity index (χ4v) is 3.60. The summed E-state index contributed by atoms with van der Waals surface area (Å²) >= 11 is 0. The van der Waals surface area contributed by atoms with Gasteiger partial charge in [-0.2, -0.15) is 5.10 Å². The molecule has 0 bridgehead atoms. The predicted octanol–water partition coefficient (Wildman–Crippen LogP) is 2.39. The molecular formula is C18H26N4O2. The summed E-state index contributed by atoms with van der Waals surface area (Å²) in [5.41, 5.74) is 2.14. The van der Waals surface area contributed by atoms with Gasteiger partial charge in [0, 0.05) is 44.6 Å². The topological polar surface area (TPSA) is 69.0 Å². The molecular weight excluding hydrogens is 304 g/mol. The van der Waals surface area contributed by atoms with E-state index in [1.165, 1.54) is 11.1 Å². The highest BCUT2D eigenvalue weighted by Gasteiger charge is 2.26. The first-order valence-corrected chi connectivity index (χ1v) is 8.72. The molecule has 6 heteroatoms. The van der Waals surface area contributed by atoms with Gasteiger partial charge in [-0.1, -0.05) is 0 Å². The third-order valence-corrected chi connectivity index (χ3v) is 4.98. The molecule has 24 heavy (non-hydrogen) atoms. The minimum atomic E-state index is 0.0840. The van der Waals surface area contributed by atoms with E-state index >= 15 is 0 Å². The van der Waals surface area contributed by atoms with Crippen molar-refractivity contribution in [3.05, 3.63) is 24.0 Å². The van der Waals surface area contributed by atoms with E-state index in [9.17, 15) is 4.79 Å². The van der Waals surface area contributed by atoms with E-state index in [0.29, 0.717) is 24.9 Å². The number of nitrogens with one attached hydrogen (secondary N) is 1. The maximum absolute atomic E-state index is 11.7. The Kier molecular flexibility index (Phi) is 5.45. The van der Waals surface area contributed by atoms with E-state index in [-0.39, 0.29) is 5.91 Å². The number of amides is 1. The van der Waals surface area contributed by atoms with Crippen LogP contribution in [-0.4, -0.2) is 40.9 Å². The van der Waals surface area contributed by atoms with Gasteiger partial charge in [-0.3, -0.25) is 9.48 Å². The standard InChI is InChI=1S/C18H26N4O2/c1-22-18-15(4-3-10-19-18)17(21-22)14-7-5-13(6-8-14)12-20-16(23)9-11-24-2/h3-4,10,13-14H,5-9,11-12H2,1-2H3,(H,20,23). The quantitative estimate of drug-likeness (QED) is 0.883. The molecule has 130 valence electrons. The number of rotatable bonds is 6. The lowest BCUT2D eigenvalue weighted by molar-refractivity contribution is -0.122. The van der Waals surface area contributed by atoms with Crippen molar-refractivity contribution in [2.24, 2.45) is 13.0 Å². The first kappa shape index (κ1) is 16.9. The van der Waals surface area contributed by atoms with Crippen LogP contribution in [0, 0.1) is 5.92 Å². The number of methoxy groups -OCH3 is 1. The van der Waals surface area contributed by atoms with Crippen LogP contribution in [0.5, 0.6) is 0 Å². The van der Waals surface area contributed by atoms with Crippen molar-refractivity contribution in [2.45, 2.75) is 38.0 Å². The molecule has 1 aliphatic carbocycles. The van der Waals surface area contributed by atoms with Gasteiger partial charge >= 0.3 is 0 Å². The predicted molar refractivity (Wildman–Crippen MR) is 92.7 cm³/mol. The lowest BCUT2D eigenvalue weighted by Gasteiger charge is -2.27. The van der Waals surface area contributed by atoms with E-state index in [4.69, 9.17) is 9.84 Å². The van der Waals surface area contributed by atoms with E-state index in [1.807, 2.05) is 24.0 Å². The van der Waals surface area contributed by atoms with Crippen molar-refractivity contribution in [1.29, 1.82) is 0 Å². The molecule has 6 nitrogen and oxygen atoms in total. The summed E-state index contributed by atoms with van der Waals surface area (Å²) in [5, 5.41) is 8.92. The Labute approximate surface area is 142 Å². The molecule has 0 unspecified atom stereocenters. The van der Waals surface area contributed by atoms with Crippen molar-refractivity contribution >= 4 is 16.9 Å². The van der Waals surface area contributed by atoms with Crippen LogP contribution in [0.25, 0.3) is 11.0 Å². The Morgan fingerprint density at radius 2 is 2.17 bits per heavy atom. The van der Waals surface area contributed by atoms with Gasteiger partial charge in [0.2, 0.25) is 5.91 Å².